The Kier molecular flexibility index (Phi) is 10.7. The van der Waals surface area contributed by atoms with E-state index in [4.69, 9.17) is 9.26 Å². The van der Waals surface area contributed by atoms with E-state index >= 15 is 0 Å². The summed E-state index contributed by atoms with van der Waals surface area (Å²) in [7, 11) is 3.15. The van der Waals surface area contributed by atoms with Crippen LogP contribution in [0, 0.1) is 13.8 Å². The number of nitrogens with one attached hydrogen (secondary N) is 2. The van der Waals surface area contributed by atoms with Crippen molar-refractivity contribution < 1.29 is 23.6 Å². The maximum Gasteiger partial charge on any atom is 0.409 e. The lowest BCUT2D eigenvalue weighted by Crippen LogP contribution is -2.50. The fourth-order valence-electron chi connectivity index (χ4n) is 4.57. The Morgan fingerprint density at radius 3 is 2.49 bits per heavy atom. The molecule has 1 aliphatic rings. The first-order chi connectivity index (χ1) is 18.6. The molecule has 1 aromatic heterocycles. The SMILES string of the molecule is COC(=O)N1CCC(N(C)C(=O)CN(CC(=O)NCCNC(C)C)c2cc(-c3noc(C)n3)ccc2C)CC1. The maximum atomic E-state index is 13.5. The fraction of sp³-hybridized carbons (Fsp3) is 0.593. The molecule has 1 fully saturated rings. The van der Waals surface area contributed by atoms with E-state index in [0.717, 1.165) is 16.8 Å². The smallest absolute Gasteiger partial charge is 0.409 e. The van der Waals surface area contributed by atoms with Crippen molar-refractivity contribution in [1.29, 1.82) is 0 Å². The third kappa shape index (κ3) is 8.41. The van der Waals surface area contributed by atoms with Crippen LogP contribution in [0.4, 0.5) is 10.5 Å². The quantitative estimate of drug-likeness (QED) is 0.408. The summed E-state index contributed by atoms with van der Waals surface area (Å²) in [4.78, 5) is 47.7. The number of amides is 3. The number of nitrogens with zero attached hydrogens (tertiary/aromatic N) is 5. The number of carbonyl (C=O) groups is 3. The van der Waals surface area contributed by atoms with Crippen molar-refractivity contribution in [3.63, 3.8) is 0 Å². The van der Waals surface area contributed by atoms with Crippen LogP contribution in [0.5, 0.6) is 0 Å². The Labute approximate surface area is 230 Å². The molecule has 0 unspecified atom stereocenters. The highest BCUT2D eigenvalue weighted by Crippen LogP contribution is 2.27. The van der Waals surface area contributed by atoms with Gasteiger partial charge in [-0.3, -0.25) is 9.59 Å². The average molecular weight is 544 g/mol. The molecule has 12 heteroatoms. The summed E-state index contributed by atoms with van der Waals surface area (Å²) in [6, 6.07) is 6.01. The number of hydrogen-bond donors (Lipinski definition) is 2. The number of likely N-dealkylation sites (tertiary alicyclic amines) is 1. The summed E-state index contributed by atoms with van der Waals surface area (Å²) >= 11 is 0. The number of methoxy groups -OCH3 is 1. The van der Waals surface area contributed by atoms with Crippen LogP contribution in [-0.2, 0) is 14.3 Å². The largest absolute Gasteiger partial charge is 0.453 e. The molecule has 0 saturated carbocycles. The Balaban J connectivity index is 1.76. The van der Waals surface area contributed by atoms with E-state index in [-0.39, 0.29) is 37.0 Å². The van der Waals surface area contributed by atoms with E-state index in [1.807, 2.05) is 39.0 Å². The normalized spacial score (nSPS) is 13.9. The van der Waals surface area contributed by atoms with Gasteiger partial charge >= 0.3 is 6.09 Å². The molecule has 0 atom stereocenters. The molecule has 2 aromatic rings. The highest BCUT2D eigenvalue weighted by molar-refractivity contribution is 5.87. The molecular weight excluding hydrogens is 502 g/mol. The van der Waals surface area contributed by atoms with Gasteiger partial charge in [-0.05, 0) is 31.4 Å². The minimum Gasteiger partial charge on any atom is -0.453 e. The lowest BCUT2D eigenvalue weighted by molar-refractivity contribution is -0.131. The number of piperidine rings is 1. The molecule has 214 valence electrons. The molecule has 3 rings (SSSR count). The number of aromatic nitrogens is 2. The van der Waals surface area contributed by atoms with Gasteiger partial charge in [-0.25, -0.2) is 4.79 Å². The molecule has 39 heavy (non-hydrogen) atoms. The predicted octanol–water partition coefficient (Wildman–Crippen LogP) is 1.96. The molecule has 0 radical (unpaired) electrons. The second-order valence-corrected chi connectivity index (χ2v) is 10.1. The molecule has 12 nitrogen and oxygen atoms in total. The highest BCUT2D eigenvalue weighted by Gasteiger charge is 2.29. The van der Waals surface area contributed by atoms with E-state index < -0.39 is 0 Å². The number of anilines is 1. The molecule has 3 amide bonds. The van der Waals surface area contributed by atoms with Gasteiger partial charge in [0.15, 0.2) is 0 Å². The monoisotopic (exact) mass is 543 g/mol. The number of benzene rings is 1. The molecule has 1 saturated heterocycles. The lowest BCUT2D eigenvalue weighted by atomic mass is 10.0. The van der Waals surface area contributed by atoms with Gasteiger partial charge in [0.1, 0.15) is 0 Å². The van der Waals surface area contributed by atoms with Crippen molar-refractivity contribution in [2.45, 2.75) is 52.6 Å². The lowest BCUT2D eigenvalue weighted by Gasteiger charge is -2.37. The van der Waals surface area contributed by atoms with Gasteiger partial charge in [0, 0.05) is 63.5 Å². The summed E-state index contributed by atoms with van der Waals surface area (Å²) in [5.74, 6) is 0.607. The molecule has 2 heterocycles. The van der Waals surface area contributed by atoms with E-state index in [0.29, 0.717) is 56.8 Å². The van der Waals surface area contributed by atoms with Gasteiger partial charge in [-0.2, -0.15) is 4.98 Å². The van der Waals surface area contributed by atoms with Crippen molar-refractivity contribution in [2.75, 3.05) is 58.3 Å². The van der Waals surface area contributed by atoms with Crippen LogP contribution in [0.1, 0.15) is 38.1 Å². The van der Waals surface area contributed by atoms with E-state index in [9.17, 15) is 14.4 Å². The van der Waals surface area contributed by atoms with Gasteiger partial charge in [0.25, 0.3) is 0 Å². The van der Waals surface area contributed by atoms with Gasteiger partial charge in [0.2, 0.25) is 23.5 Å². The number of hydrogen-bond acceptors (Lipinski definition) is 9. The molecular formula is C27H41N7O5. The standard InChI is InChI=1S/C27H41N7O5/c1-18(2)28-11-12-29-24(35)16-34(23-15-21(8-7-19(23)3)26-30-20(4)39-31-26)17-25(36)32(5)22-9-13-33(14-10-22)27(37)38-6/h7-8,15,18,22,28H,9-14,16-17H2,1-6H3,(H,29,35). The van der Waals surface area contributed by atoms with Crippen LogP contribution in [0.2, 0.25) is 0 Å². The first-order valence-corrected chi connectivity index (χ1v) is 13.3. The number of likely N-dealkylation sites (N-methyl/N-ethyl adjacent to an activating group) is 1. The topological polar surface area (TPSA) is 133 Å². The van der Waals surface area contributed by atoms with E-state index in [1.54, 1.807) is 28.7 Å². The van der Waals surface area contributed by atoms with Crippen LogP contribution in [-0.4, -0.2) is 103 Å². The van der Waals surface area contributed by atoms with Crippen molar-refractivity contribution in [3.8, 4) is 11.4 Å². The number of rotatable bonds is 11. The van der Waals surface area contributed by atoms with Crippen molar-refractivity contribution in [2.24, 2.45) is 0 Å². The second kappa shape index (κ2) is 13.9. The molecule has 1 aromatic carbocycles. The minimum atomic E-state index is -0.352. The first-order valence-electron chi connectivity index (χ1n) is 13.3. The predicted molar refractivity (Wildman–Crippen MR) is 147 cm³/mol. The summed E-state index contributed by atoms with van der Waals surface area (Å²) in [5, 5.41) is 10.2. The summed E-state index contributed by atoms with van der Waals surface area (Å²) in [5.41, 5.74) is 2.39. The molecule has 1 aliphatic heterocycles. The van der Waals surface area contributed by atoms with Crippen molar-refractivity contribution in [1.82, 2.24) is 30.6 Å². The summed E-state index contributed by atoms with van der Waals surface area (Å²) < 4.78 is 9.96. The zero-order chi connectivity index (χ0) is 28.5. The van der Waals surface area contributed by atoms with Gasteiger partial charge in [0.05, 0.1) is 20.2 Å². The first kappa shape index (κ1) is 29.9. The minimum absolute atomic E-state index is 0.00840. The van der Waals surface area contributed by atoms with Crippen LogP contribution in [0.25, 0.3) is 11.4 Å². The Hall–Kier alpha value is -3.67. The van der Waals surface area contributed by atoms with Crippen LogP contribution in [0.15, 0.2) is 22.7 Å². The second-order valence-electron chi connectivity index (χ2n) is 10.1. The number of carbonyl (C=O) groups excluding carboxylic acids is 3. The van der Waals surface area contributed by atoms with Gasteiger partial charge in [-0.15, -0.1) is 0 Å². The maximum absolute atomic E-state index is 13.5. The van der Waals surface area contributed by atoms with Crippen LogP contribution in [0.3, 0.4) is 0 Å². The van der Waals surface area contributed by atoms with Crippen LogP contribution < -0.4 is 15.5 Å². The van der Waals surface area contributed by atoms with Crippen LogP contribution >= 0.6 is 0 Å². The van der Waals surface area contributed by atoms with Crippen molar-refractivity contribution in [3.05, 3.63) is 29.7 Å². The fourth-order valence-corrected chi connectivity index (χ4v) is 4.57. The number of aryl methyl sites for hydroxylation is 2. The number of ether oxygens (including phenoxy) is 1. The molecule has 0 aliphatic carbocycles. The van der Waals surface area contributed by atoms with Crippen molar-refractivity contribution >= 4 is 23.6 Å². The Bertz CT molecular complexity index is 1130. The van der Waals surface area contributed by atoms with Gasteiger partial charge < -0.3 is 34.6 Å². The third-order valence-electron chi connectivity index (χ3n) is 6.83. The van der Waals surface area contributed by atoms with E-state index in [2.05, 4.69) is 20.8 Å². The molecule has 0 spiro atoms. The summed E-state index contributed by atoms with van der Waals surface area (Å²) in [6.07, 6.45) is 0.967. The highest BCUT2D eigenvalue weighted by atomic mass is 16.5. The zero-order valence-corrected chi connectivity index (χ0v) is 23.8. The Morgan fingerprint density at radius 2 is 1.87 bits per heavy atom. The van der Waals surface area contributed by atoms with E-state index in [1.165, 1.54) is 7.11 Å². The molecule has 2 N–H and O–H groups in total. The Morgan fingerprint density at radius 1 is 1.15 bits per heavy atom. The average Bonchev–Trinajstić information content (AvgIpc) is 3.36. The van der Waals surface area contributed by atoms with Gasteiger partial charge in [-0.1, -0.05) is 31.1 Å². The zero-order valence-electron chi connectivity index (χ0n) is 23.8. The third-order valence-corrected chi connectivity index (χ3v) is 6.83. The summed E-state index contributed by atoms with van der Waals surface area (Å²) in [6.45, 7) is 9.97. The molecule has 0 bridgehead atoms.